The first-order chi connectivity index (χ1) is 6.76. The summed E-state index contributed by atoms with van der Waals surface area (Å²) in [4.78, 5) is 13.5. The summed E-state index contributed by atoms with van der Waals surface area (Å²) in [5, 5.41) is 3.33. The first-order valence-corrected chi connectivity index (χ1v) is 5.18. The Morgan fingerprint density at radius 2 is 2.21 bits per heavy atom. The molecule has 2 aliphatic rings. The number of likely N-dealkylation sites (tertiary alicyclic amines) is 1. The van der Waals surface area contributed by atoms with Crippen molar-refractivity contribution in [3.05, 3.63) is 0 Å². The molecule has 0 atom stereocenters. The van der Waals surface area contributed by atoms with Gasteiger partial charge in [0.15, 0.2) is 0 Å². The van der Waals surface area contributed by atoms with Gasteiger partial charge in [0.2, 0.25) is 5.91 Å². The average molecular weight is 192 g/mol. The van der Waals surface area contributed by atoms with Gasteiger partial charge in [-0.1, -0.05) is 5.92 Å². The highest BCUT2D eigenvalue weighted by Gasteiger charge is 2.43. The van der Waals surface area contributed by atoms with Crippen LogP contribution in [0.25, 0.3) is 0 Å². The molecule has 0 aliphatic carbocycles. The van der Waals surface area contributed by atoms with E-state index >= 15 is 0 Å². The summed E-state index contributed by atoms with van der Waals surface area (Å²) in [6, 6.07) is 0. The third-order valence-electron chi connectivity index (χ3n) is 3.35. The first kappa shape index (κ1) is 9.54. The van der Waals surface area contributed by atoms with Gasteiger partial charge in [-0.15, -0.1) is 6.42 Å². The molecule has 1 spiro atoms. The van der Waals surface area contributed by atoms with Gasteiger partial charge in [0, 0.05) is 13.0 Å². The van der Waals surface area contributed by atoms with Crippen molar-refractivity contribution >= 4 is 5.91 Å². The summed E-state index contributed by atoms with van der Waals surface area (Å²) in [6.07, 6.45) is 8.16. The van der Waals surface area contributed by atoms with E-state index in [9.17, 15) is 4.79 Å². The van der Waals surface area contributed by atoms with Gasteiger partial charge in [-0.05, 0) is 31.3 Å². The fourth-order valence-corrected chi connectivity index (χ4v) is 2.53. The van der Waals surface area contributed by atoms with Crippen LogP contribution in [0.3, 0.4) is 0 Å². The molecule has 0 aromatic heterocycles. The van der Waals surface area contributed by atoms with E-state index in [1.807, 2.05) is 4.90 Å². The Kier molecular flexibility index (Phi) is 2.47. The average Bonchev–Trinajstić information content (AvgIpc) is 2.45. The molecule has 76 valence electrons. The Labute approximate surface area is 84.8 Å². The molecule has 2 heterocycles. The van der Waals surface area contributed by atoms with Crippen LogP contribution in [0.4, 0.5) is 0 Å². The fourth-order valence-electron chi connectivity index (χ4n) is 2.53. The van der Waals surface area contributed by atoms with Crippen molar-refractivity contribution in [2.45, 2.75) is 19.3 Å². The van der Waals surface area contributed by atoms with Crippen molar-refractivity contribution in [1.82, 2.24) is 10.2 Å². The van der Waals surface area contributed by atoms with Gasteiger partial charge in [0.25, 0.3) is 0 Å². The van der Waals surface area contributed by atoms with E-state index in [0.29, 0.717) is 13.0 Å². The number of nitrogens with zero attached hydrogens (tertiary/aromatic N) is 1. The summed E-state index contributed by atoms with van der Waals surface area (Å²) in [5.41, 5.74) is 0.235. The van der Waals surface area contributed by atoms with E-state index in [0.717, 1.165) is 32.5 Å². The molecule has 0 saturated carbocycles. The minimum atomic E-state index is 0.235. The number of hydrogen-bond donors (Lipinski definition) is 1. The number of rotatable bonds is 1. The van der Waals surface area contributed by atoms with Crippen molar-refractivity contribution in [2.24, 2.45) is 5.41 Å². The van der Waals surface area contributed by atoms with Gasteiger partial charge >= 0.3 is 0 Å². The van der Waals surface area contributed by atoms with Crippen LogP contribution in [0, 0.1) is 17.8 Å². The van der Waals surface area contributed by atoms with E-state index in [-0.39, 0.29) is 11.3 Å². The molecule has 0 aromatic carbocycles. The van der Waals surface area contributed by atoms with Crippen molar-refractivity contribution < 1.29 is 4.79 Å². The molecule has 1 amide bonds. The van der Waals surface area contributed by atoms with E-state index < -0.39 is 0 Å². The van der Waals surface area contributed by atoms with E-state index in [1.54, 1.807) is 0 Å². The van der Waals surface area contributed by atoms with Crippen LogP contribution in [-0.4, -0.2) is 37.0 Å². The second-order valence-corrected chi connectivity index (χ2v) is 4.38. The number of nitrogens with one attached hydrogen (secondary N) is 1. The molecule has 0 aromatic rings. The number of terminal acetylenes is 1. The Bertz CT molecular complexity index is 274. The third kappa shape index (κ3) is 1.62. The van der Waals surface area contributed by atoms with Crippen LogP contribution >= 0.6 is 0 Å². The molecule has 0 unspecified atom stereocenters. The zero-order valence-corrected chi connectivity index (χ0v) is 8.38. The monoisotopic (exact) mass is 192 g/mol. The van der Waals surface area contributed by atoms with Crippen molar-refractivity contribution in [2.75, 3.05) is 26.2 Å². The van der Waals surface area contributed by atoms with E-state index in [1.165, 1.54) is 0 Å². The molecule has 2 aliphatic heterocycles. The quantitative estimate of drug-likeness (QED) is 0.603. The minimum absolute atomic E-state index is 0.235. The zero-order chi connectivity index (χ0) is 10.0. The Morgan fingerprint density at radius 3 is 2.86 bits per heavy atom. The fraction of sp³-hybridized carbons (Fsp3) is 0.727. The molecule has 14 heavy (non-hydrogen) atoms. The molecule has 0 bridgehead atoms. The third-order valence-corrected chi connectivity index (χ3v) is 3.35. The lowest BCUT2D eigenvalue weighted by Gasteiger charge is -2.32. The second kappa shape index (κ2) is 3.62. The second-order valence-electron chi connectivity index (χ2n) is 4.38. The molecule has 2 rings (SSSR count). The zero-order valence-electron chi connectivity index (χ0n) is 8.38. The lowest BCUT2D eigenvalue weighted by atomic mass is 9.78. The maximum absolute atomic E-state index is 11.6. The molecular weight excluding hydrogens is 176 g/mol. The molecule has 3 heteroatoms. The van der Waals surface area contributed by atoms with Crippen LogP contribution < -0.4 is 5.32 Å². The summed E-state index contributed by atoms with van der Waals surface area (Å²) in [6.45, 7) is 3.43. The summed E-state index contributed by atoms with van der Waals surface area (Å²) < 4.78 is 0. The lowest BCUT2D eigenvalue weighted by molar-refractivity contribution is -0.127. The van der Waals surface area contributed by atoms with Crippen molar-refractivity contribution in [1.29, 1.82) is 0 Å². The highest BCUT2D eigenvalue weighted by atomic mass is 16.2. The normalized spacial score (nSPS) is 25.4. The number of amides is 1. The van der Waals surface area contributed by atoms with Gasteiger partial charge in [0.05, 0.1) is 6.54 Å². The number of piperidine rings is 1. The first-order valence-electron chi connectivity index (χ1n) is 5.18. The van der Waals surface area contributed by atoms with Crippen molar-refractivity contribution in [3.63, 3.8) is 0 Å². The molecule has 2 fully saturated rings. The smallest absolute Gasteiger partial charge is 0.224 e. The van der Waals surface area contributed by atoms with Gasteiger partial charge in [-0.2, -0.15) is 0 Å². The Morgan fingerprint density at radius 1 is 1.50 bits per heavy atom. The van der Waals surface area contributed by atoms with Crippen LogP contribution in [0.15, 0.2) is 0 Å². The summed E-state index contributed by atoms with van der Waals surface area (Å²) in [7, 11) is 0. The minimum Gasteiger partial charge on any atom is -0.331 e. The Balaban J connectivity index is 2.04. The summed E-state index contributed by atoms with van der Waals surface area (Å²) >= 11 is 0. The highest BCUT2D eigenvalue weighted by molar-refractivity contribution is 5.79. The lowest BCUT2D eigenvalue weighted by Crippen LogP contribution is -2.38. The molecule has 3 nitrogen and oxygen atoms in total. The van der Waals surface area contributed by atoms with Crippen molar-refractivity contribution in [3.8, 4) is 12.3 Å². The van der Waals surface area contributed by atoms with Gasteiger partial charge in [0.1, 0.15) is 0 Å². The van der Waals surface area contributed by atoms with Crippen LogP contribution in [0.2, 0.25) is 0 Å². The maximum Gasteiger partial charge on any atom is 0.224 e. The van der Waals surface area contributed by atoms with Gasteiger partial charge in [-0.25, -0.2) is 0 Å². The largest absolute Gasteiger partial charge is 0.331 e. The maximum atomic E-state index is 11.6. The SMILES string of the molecule is C#CCN1CC2(CCNCC2)CC1=O. The molecule has 2 saturated heterocycles. The molecule has 0 radical (unpaired) electrons. The summed E-state index contributed by atoms with van der Waals surface area (Å²) in [5.74, 6) is 2.79. The highest BCUT2D eigenvalue weighted by Crippen LogP contribution is 2.38. The predicted octanol–water partition coefficient (Wildman–Crippen LogP) is 0.222. The predicted molar refractivity (Wildman–Crippen MR) is 54.6 cm³/mol. The van der Waals surface area contributed by atoms with Crippen LogP contribution in [-0.2, 0) is 4.79 Å². The number of hydrogen-bond acceptors (Lipinski definition) is 2. The Hall–Kier alpha value is -1.01. The van der Waals surface area contributed by atoms with Gasteiger partial charge in [-0.3, -0.25) is 4.79 Å². The van der Waals surface area contributed by atoms with Gasteiger partial charge < -0.3 is 10.2 Å². The van der Waals surface area contributed by atoms with Crippen LogP contribution in [0.1, 0.15) is 19.3 Å². The standard InChI is InChI=1S/C11H16N2O/c1-2-7-13-9-11(8-10(13)14)3-5-12-6-4-11/h1,12H,3-9H2. The number of carbonyl (C=O) groups is 1. The van der Waals surface area contributed by atoms with E-state index in [4.69, 9.17) is 6.42 Å². The van der Waals surface area contributed by atoms with Crippen LogP contribution in [0.5, 0.6) is 0 Å². The molecular formula is C11H16N2O. The topological polar surface area (TPSA) is 32.3 Å². The number of carbonyl (C=O) groups excluding carboxylic acids is 1. The molecule has 1 N–H and O–H groups in total. The van der Waals surface area contributed by atoms with E-state index in [2.05, 4.69) is 11.2 Å².